The van der Waals surface area contributed by atoms with Crippen LogP contribution < -0.4 is 5.48 Å². The minimum absolute atomic E-state index is 0.0326. The van der Waals surface area contributed by atoms with Crippen molar-refractivity contribution in [1.29, 1.82) is 0 Å². The summed E-state index contributed by atoms with van der Waals surface area (Å²) in [6.07, 6.45) is 1.18. The lowest BCUT2D eigenvalue weighted by atomic mass is 10.1. The third-order valence-corrected chi connectivity index (χ3v) is 4.98. The van der Waals surface area contributed by atoms with E-state index in [2.05, 4.69) is 5.48 Å². The Hall–Kier alpha value is -2.02. The molecule has 0 saturated carbocycles. The number of amides is 2. The Balaban J connectivity index is 1.49. The topological polar surface area (TPSA) is 75.7 Å². The Morgan fingerprint density at radius 3 is 2.82 bits per heavy atom. The molecular weight excluding hydrogens is 304 g/mol. The van der Waals surface area contributed by atoms with Crippen LogP contribution in [0.5, 0.6) is 0 Å². The molecule has 1 N–H and O–H groups in total. The molecule has 2 aliphatic rings. The molecule has 1 aromatic rings. The quantitative estimate of drug-likeness (QED) is 0.660. The molecule has 1 unspecified atom stereocenters. The van der Waals surface area contributed by atoms with Crippen LogP contribution in [0.4, 0.5) is 0 Å². The van der Waals surface area contributed by atoms with E-state index in [-0.39, 0.29) is 17.7 Å². The number of carbonyl (C=O) groups excluding carboxylic acids is 3. The highest BCUT2D eigenvalue weighted by atomic mass is 32.2. The summed E-state index contributed by atoms with van der Waals surface area (Å²) in [5.41, 5.74) is 3.01. The van der Waals surface area contributed by atoms with Crippen molar-refractivity contribution in [3.05, 3.63) is 35.9 Å². The van der Waals surface area contributed by atoms with Gasteiger partial charge in [-0.1, -0.05) is 30.3 Å². The predicted octanol–water partition coefficient (Wildman–Crippen LogP) is 0.867. The van der Waals surface area contributed by atoms with Crippen molar-refractivity contribution in [3.8, 4) is 0 Å². The van der Waals surface area contributed by atoms with Crippen LogP contribution in [0.3, 0.4) is 0 Å². The van der Waals surface area contributed by atoms with Crippen molar-refractivity contribution < 1.29 is 19.2 Å². The Morgan fingerprint density at radius 1 is 1.32 bits per heavy atom. The molecular formula is C15H16N2O4S. The molecule has 0 aliphatic carbocycles. The van der Waals surface area contributed by atoms with Gasteiger partial charge in [-0.2, -0.15) is 5.48 Å². The second-order valence-electron chi connectivity index (χ2n) is 5.24. The fraction of sp³-hybridized carbons (Fsp3) is 0.400. The van der Waals surface area contributed by atoms with Gasteiger partial charge in [0.1, 0.15) is 6.04 Å². The number of β-lactam (4-membered cyclic amide) rings is 1. The van der Waals surface area contributed by atoms with Gasteiger partial charge in [0.2, 0.25) is 5.91 Å². The SMILES string of the molecule is O=C(Cc1ccccc1)NOC(=O)C1CCS[C@@H]2CC(=O)N12. The molecule has 2 amide bonds. The summed E-state index contributed by atoms with van der Waals surface area (Å²) >= 11 is 1.67. The molecule has 0 bridgehead atoms. The molecule has 0 aromatic heterocycles. The second kappa shape index (κ2) is 6.39. The lowest BCUT2D eigenvalue weighted by Gasteiger charge is -2.47. The number of rotatable bonds is 3. The zero-order valence-electron chi connectivity index (χ0n) is 11.9. The predicted molar refractivity (Wildman–Crippen MR) is 80.5 cm³/mol. The number of hydroxylamine groups is 1. The number of benzene rings is 1. The lowest BCUT2D eigenvalue weighted by molar-refractivity contribution is -0.170. The van der Waals surface area contributed by atoms with Crippen LogP contribution >= 0.6 is 11.8 Å². The Bertz CT molecular complexity index is 592. The summed E-state index contributed by atoms with van der Waals surface area (Å²) in [6.45, 7) is 0. The van der Waals surface area contributed by atoms with Crippen LogP contribution in [-0.4, -0.2) is 39.9 Å². The highest BCUT2D eigenvalue weighted by Gasteiger charge is 2.47. The first kappa shape index (κ1) is 14.9. The van der Waals surface area contributed by atoms with Gasteiger partial charge in [-0.15, -0.1) is 11.8 Å². The third-order valence-electron chi connectivity index (χ3n) is 3.73. The Morgan fingerprint density at radius 2 is 2.09 bits per heavy atom. The van der Waals surface area contributed by atoms with E-state index >= 15 is 0 Å². The maximum atomic E-state index is 12.1. The van der Waals surface area contributed by atoms with Gasteiger partial charge in [-0.25, -0.2) is 4.79 Å². The van der Waals surface area contributed by atoms with Crippen molar-refractivity contribution in [2.45, 2.75) is 30.7 Å². The number of thioether (sulfide) groups is 1. The summed E-state index contributed by atoms with van der Waals surface area (Å²) in [7, 11) is 0. The molecule has 6 nitrogen and oxygen atoms in total. The van der Waals surface area contributed by atoms with Gasteiger partial charge in [0.25, 0.3) is 5.91 Å². The number of nitrogens with zero attached hydrogens (tertiary/aromatic N) is 1. The molecule has 116 valence electrons. The summed E-state index contributed by atoms with van der Waals surface area (Å²) in [5, 5.41) is 0.0822. The van der Waals surface area contributed by atoms with E-state index in [1.54, 1.807) is 16.7 Å². The van der Waals surface area contributed by atoms with Gasteiger partial charge in [0.05, 0.1) is 18.2 Å². The van der Waals surface area contributed by atoms with Crippen LogP contribution in [0.25, 0.3) is 0 Å². The minimum atomic E-state index is -0.579. The Kier molecular flexibility index (Phi) is 4.33. The number of carbonyl (C=O) groups is 3. The molecule has 7 heteroatoms. The normalized spacial score (nSPS) is 23.3. The minimum Gasteiger partial charge on any atom is -0.338 e. The molecule has 2 atom stereocenters. The van der Waals surface area contributed by atoms with Gasteiger partial charge in [-0.3, -0.25) is 9.59 Å². The maximum Gasteiger partial charge on any atom is 0.354 e. The summed E-state index contributed by atoms with van der Waals surface area (Å²) in [4.78, 5) is 41.8. The van der Waals surface area contributed by atoms with Crippen molar-refractivity contribution >= 4 is 29.5 Å². The summed E-state index contributed by atoms with van der Waals surface area (Å²) in [5.74, 6) is -0.183. The zero-order chi connectivity index (χ0) is 15.5. The number of hydrogen-bond donors (Lipinski definition) is 1. The lowest BCUT2D eigenvalue weighted by Crippen LogP contribution is -2.61. The average molecular weight is 320 g/mol. The van der Waals surface area contributed by atoms with Crippen LogP contribution in [-0.2, 0) is 25.6 Å². The van der Waals surface area contributed by atoms with Crippen LogP contribution in [0, 0.1) is 0 Å². The highest BCUT2D eigenvalue weighted by molar-refractivity contribution is 8.00. The average Bonchev–Trinajstić information content (AvgIpc) is 2.52. The van der Waals surface area contributed by atoms with E-state index in [1.807, 2.05) is 30.3 Å². The van der Waals surface area contributed by atoms with E-state index < -0.39 is 17.9 Å². The van der Waals surface area contributed by atoms with E-state index in [1.165, 1.54) is 0 Å². The Labute approximate surface area is 132 Å². The third kappa shape index (κ3) is 3.09. The molecule has 3 rings (SSSR count). The molecule has 2 fully saturated rings. The molecule has 2 heterocycles. The highest BCUT2D eigenvalue weighted by Crippen LogP contribution is 2.37. The maximum absolute atomic E-state index is 12.1. The van der Waals surface area contributed by atoms with Gasteiger partial charge < -0.3 is 9.74 Å². The molecule has 22 heavy (non-hydrogen) atoms. The number of hydrogen-bond acceptors (Lipinski definition) is 5. The fourth-order valence-corrected chi connectivity index (χ4v) is 3.91. The van der Waals surface area contributed by atoms with E-state index in [4.69, 9.17) is 4.84 Å². The fourth-order valence-electron chi connectivity index (χ4n) is 2.59. The van der Waals surface area contributed by atoms with Gasteiger partial charge in [-0.05, 0) is 17.7 Å². The second-order valence-corrected chi connectivity index (χ2v) is 6.53. The first-order chi connectivity index (χ1) is 10.6. The van der Waals surface area contributed by atoms with Crippen LogP contribution in [0.15, 0.2) is 30.3 Å². The largest absolute Gasteiger partial charge is 0.354 e. The first-order valence-corrected chi connectivity index (χ1v) is 8.16. The standard InChI is InChI=1S/C15H16N2O4S/c18-12(8-10-4-2-1-3-5-10)16-21-15(20)11-6-7-22-14-9-13(19)17(11)14/h1-5,11,14H,6-9H2,(H,16,18)/t11?,14-/m1/s1. The van der Waals surface area contributed by atoms with Gasteiger partial charge >= 0.3 is 5.97 Å². The zero-order valence-corrected chi connectivity index (χ0v) is 12.7. The van der Waals surface area contributed by atoms with Crippen molar-refractivity contribution in [1.82, 2.24) is 10.4 Å². The van der Waals surface area contributed by atoms with E-state index in [0.29, 0.717) is 12.8 Å². The van der Waals surface area contributed by atoms with E-state index in [9.17, 15) is 14.4 Å². The van der Waals surface area contributed by atoms with Crippen molar-refractivity contribution in [3.63, 3.8) is 0 Å². The van der Waals surface area contributed by atoms with Crippen LogP contribution in [0.1, 0.15) is 18.4 Å². The molecule has 0 radical (unpaired) electrons. The van der Waals surface area contributed by atoms with Gasteiger partial charge in [0.15, 0.2) is 0 Å². The van der Waals surface area contributed by atoms with Crippen LogP contribution in [0.2, 0.25) is 0 Å². The summed E-state index contributed by atoms with van der Waals surface area (Å²) in [6, 6.07) is 8.60. The molecule has 1 aromatic carbocycles. The van der Waals surface area contributed by atoms with Crippen molar-refractivity contribution in [2.75, 3.05) is 5.75 Å². The molecule has 0 spiro atoms. The first-order valence-electron chi connectivity index (χ1n) is 7.11. The van der Waals surface area contributed by atoms with E-state index in [0.717, 1.165) is 11.3 Å². The van der Waals surface area contributed by atoms with Crippen molar-refractivity contribution in [2.24, 2.45) is 0 Å². The smallest absolute Gasteiger partial charge is 0.338 e. The number of nitrogens with one attached hydrogen (secondary N) is 1. The number of fused-ring (bicyclic) bond motifs is 1. The molecule has 2 aliphatic heterocycles. The molecule has 2 saturated heterocycles. The monoisotopic (exact) mass is 320 g/mol. The summed E-state index contributed by atoms with van der Waals surface area (Å²) < 4.78 is 0. The van der Waals surface area contributed by atoms with Gasteiger partial charge in [0, 0.05) is 0 Å².